The van der Waals surface area contributed by atoms with Gasteiger partial charge in [-0.15, -0.1) is 0 Å². The first-order valence-corrected chi connectivity index (χ1v) is 9.16. The van der Waals surface area contributed by atoms with Gasteiger partial charge in [0, 0.05) is 12.1 Å². The number of rotatable bonds is 9. The number of allylic oxidation sites excluding steroid dienone is 5. The van der Waals surface area contributed by atoms with Crippen LogP contribution in [0.4, 0.5) is 0 Å². The topological polar surface area (TPSA) is 58.6 Å². The number of dihydropyridines is 1. The Hall–Kier alpha value is -2.75. The van der Waals surface area contributed by atoms with Crippen molar-refractivity contribution >= 4 is 5.97 Å². The first-order valence-electron chi connectivity index (χ1n) is 9.16. The zero-order valence-corrected chi connectivity index (χ0v) is 14.9. The Morgan fingerprint density at radius 2 is 1.92 bits per heavy atom. The molecule has 1 aliphatic carbocycles. The fourth-order valence-electron chi connectivity index (χ4n) is 3.10. The molecule has 4 heteroatoms. The van der Waals surface area contributed by atoms with Gasteiger partial charge in [-0.25, -0.2) is 0 Å². The molecule has 2 N–H and O–H groups in total. The number of aryl methyl sites for hydroxylation is 1. The van der Waals surface area contributed by atoms with Crippen LogP contribution in [0.1, 0.15) is 31.2 Å². The molecule has 1 aliphatic heterocycles. The van der Waals surface area contributed by atoms with E-state index in [9.17, 15) is 4.79 Å². The van der Waals surface area contributed by atoms with Crippen molar-refractivity contribution in [3.05, 3.63) is 77.6 Å². The van der Waals surface area contributed by atoms with Crippen LogP contribution in [-0.2, 0) is 11.2 Å². The third-order valence-electron chi connectivity index (χ3n) is 4.52. The third kappa shape index (κ3) is 5.38. The van der Waals surface area contributed by atoms with Crippen LogP contribution >= 0.6 is 0 Å². The van der Waals surface area contributed by atoms with Gasteiger partial charge in [-0.1, -0.05) is 42.5 Å². The number of carboxylic acids is 1. The highest BCUT2D eigenvalue weighted by Gasteiger charge is 2.14. The second-order valence-electron chi connectivity index (χ2n) is 6.57. The van der Waals surface area contributed by atoms with Crippen molar-refractivity contribution in [2.45, 2.75) is 38.1 Å². The predicted molar refractivity (Wildman–Crippen MR) is 103 cm³/mol. The SMILES string of the molecule is O=C(O)CCCOc1ccc(CCCC2=CC=C3C=CC=CC3N2)cc1. The van der Waals surface area contributed by atoms with Crippen LogP contribution in [0.15, 0.2) is 72.0 Å². The van der Waals surface area contributed by atoms with Gasteiger partial charge < -0.3 is 15.2 Å². The highest BCUT2D eigenvalue weighted by Crippen LogP contribution is 2.20. The third-order valence-corrected chi connectivity index (χ3v) is 4.52. The van der Waals surface area contributed by atoms with Gasteiger partial charge in [0.2, 0.25) is 0 Å². The van der Waals surface area contributed by atoms with E-state index in [0.29, 0.717) is 19.1 Å². The molecular weight excluding hydrogens is 326 g/mol. The zero-order valence-electron chi connectivity index (χ0n) is 14.9. The van der Waals surface area contributed by atoms with E-state index in [1.165, 1.54) is 16.8 Å². The normalized spacial score (nSPS) is 17.8. The van der Waals surface area contributed by atoms with Crippen molar-refractivity contribution < 1.29 is 14.6 Å². The summed E-state index contributed by atoms with van der Waals surface area (Å²) in [4.78, 5) is 10.5. The first-order chi connectivity index (χ1) is 12.7. The molecule has 136 valence electrons. The number of aliphatic carboxylic acids is 1. The molecule has 1 aromatic rings. The van der Waals surface area contributed by atoms with Crippen molar-refractivity contribution in [1.29, 1.82) is 0 Å². The lowest BCUT2D eigenvalue weighted by Gasteiger charge is -2.25. The van der Waals surface area contributed by atoms with E-state index < -0.39 is 5.97 Å². The molecule has 0 spiro atoms. The average molecular weight is 351 g/mol. The summed E-state index contributed by atoms with van der Waals surface area (Å²) in [6.07, 6.45) is 16.7. The second kappa shape index (κ2) is 9.09. The fourth-order valence-corrected chi connectivity index (χ4v) is 3.10. The first kappa shape index (κ1) is 18.1. The zero-order chi connectivity index (χ0) is 18.2. The summed E-state index contributed by atoms with van der Waals surface area (Å²) in [5, 5.41) is 12.2. The molecule has 0 saturated heterocycles. The van der Waals surface area contributed by atoms with Crippen LogP contribution in [0.2, 0.25) is 0 Å². The van der Waals surface area contributed by atoms with Crippen LogP contribution in [0.3, 0.4) is 0 Å². The largest absolute Gasteiger partial charge is 0.494 e. The summed E-state index contributed by atoms with van der Waals surface area (Å²) >= 11 is 0. The summed E-state index contributed by atoms with van der Waals surface area (Å²) in [5.41, 5.74) is 3.89. The van der Waals surface area contributed by atoms with E-state index in [2.05, 4.69) is 53.9 Å². The molecule has 3 rings (SSSR count). The number of ether oxygens (including phenoxy) is 1. The maximum absolute atomic E-state index is 10.5. The van der Waals surface area contributed by atoms with E-state index in [4.69, 9.17) is 9.84 Å². The summed E-state index contributed by atoms with van der Waals surface area (Å²) in [6.45, 7) is 0.436. The van der Waals surface area contributed by atoms with Crippen molar-refractivity contribution in [3.63, 3.8) is 0 Å². The van der Waals surface area contributed by atoms with Gasteiger partial charge in [-0.3, -0.25) is 4.79 Å². The van der Waals surface area contributed by atoms with Gasteiger partial charge in [0.15, 0.2) is 0 Å². The van der Waals surface area contributed by atoms with E-state index in [0.717, 1.165) is 25.0 Å². The molecule has 26 heavy (non-hydrogen) atoms. The Kier molecular flexibility index (Phi) is 6.31. The Bertz CT molecular complexity index is 741. The second-order valence-corrected chi connectivity index (χ2v) is 6.57. The standard InChI is InChI=1S/C22H25NO3/c24-22(25)9-4-16-26-20-14-10-17(11-15-20)5-3-7-19-13-12-18-6-1-2-8-21(18)23-19/h1-2,6,8,10-15,21,23H,3-5,7,9,16H2,(H,24,25). The highest BCUT2D eigenvalue weighted by atomic mass is 16.5. The lowest BCUT2D eigenvalue weighted by molar-refractivity contribution is -0.137. The van der Waals surface area contributed by atoms with Crippen LogP contribution in [0.5, 0.6) is 5.75 Å². The quantitative estimate of drug-likeness (QED) is 0.656. The molecule has 0 aromatic heterocycles. The van der Waals surface area contributed by atoms with Crippen LogP contribution in [0, 0.1) is 0 Å². The number of nitrogens with one attached hydrogen (secondary N) is 1. The number of benzene rings is 1. The molecule has 1 aromatic carbocycles. The van der Waals surface area contributed by atoms with Crippen molar-refractivity contribution in [2.24, 2.45) is 0 Å². The van der Waals surface area contributed by atoms with Gasteiger partial charge in [0.05, 0.1) is 12.6 Å². The van der Waals surface area contributed by atoms with Crippen LogP contribution in [0.25, 0.3) is 0 Å². The van der Waals surface area contributed by atoms with Gasteiger partial charge >= 0.3 is 5.97 Å². The molecule has 0 saturated carbocycles. The molecule has 1 heterocycles. The molecular formula is C22H25NO3. The lowest BCUT2D eigenvalue weighted by Crippen LogP contribution is -2.31. The molecule has 1 unspecified atom stereocenters. The van der Waals surface area contributed by atoms with E-state index in [1.807, 2.05) is 12.1 Å². The number of fused-ring (bicyclic) bond motifs is 1. The van der Waals surface area contributed by atoms with Crippen LogP contribution in [-0.4, -0.2) is 23.7 Å². The number of hydrogen-bond donors (Lipinski definition) is 2. The Morgan fingerprint density at radius 1 is 1.08 bits per heavy atom. The Balaban J connectivity index is 1.39. The van der Waals surface area contributed by atoms with Crippen molar-refractivity contribution in [1.82, 2.24) is 5.32 Å². The molecule has 0 radical (unpaired) electrons. The molecule has 4 nitrogen and oxygen atoms in total. The maximum atomic E-state index is 10.5. The molecule has 0 amide bonds. The monoisotopic (exact) mass is 351 g/mol. The molecule has 1 atom stereocenters. The summed E-state index contributed by atoms with van der Waals surface area (Å²) in [7, 11) is 0. The minimum atomic E-state index is -0.783. The summed E-state index contributed by atoms with van der Waals surface area (Å²) in [6, 6.07) is 8.41. The minimum absolute atomic E-state index is 0.144. The summed E-state index contributed by atoms with van der Waals surface area (Å²) in [5.74, 6) is 0.0137. The fraction of sp³-hybridized carbons (Fsp3) is 0.318. The van der Waals surface area contributed by atoms with Gasteiger partial charge in [0.1, 0.15) is 5.75 Å². The molecule has 2 aliphatic rings. The smallest absolute Gasteiger partial charge is 0.303 e. The van der Waals surface area contributed by atoms with Crippen molar-refractivity contribution in [2.75, 3.05) is 6.61 Å². The molecule has 0 fully saturated rings. The maximum Gasteiger partial charge on any atom is 0.303 e. The van der Waals surface area contributed by atoms with E-state index in [1.54, 1.807) is 0 Å². The van der Waals surface area contributed by atoms with Gasteiger partial charge in [-0.2, -0.15) is 0 Å². The predicted octanol–water partition coefficient (Wildman–Crippen LogP) is 4.16. The average Bonchev–Trinajstić information content (AvgIpc) is 2.66. The van der Waals surface area contributed by atoms with Crippen molar-refractivity contribution in [3.8, 4) is 5.75 Å². The highest BCUT2D eigenvalue weighted by molar-refractivity contribution is 5.66. The summed E-state index contributed by atoms with van der Waals surface area (Å²) < 4.78 is 5.56. The lowest BCUT2D eigenvalue weighted by atomic mass is 9.97. The van der Waals surface area contributed by atoms with E-state index in [-0.39, 0.29) is 6.42 Å². The number of carboxylic acid groups (broad SMARTS) is 1. The number of carbonyl (C=O) groups is 1. The van der Waals surface area contributed by atoms with Gasteiger partial charge in [0.25, 0.3) is 0 Å². The Labute approximate surface area is 154 Å². The number of hydrogen-bond acceptors (Lipinski definition) is 3. The molecule has 0 bridgehead atoms. The van der Waals surface area contributed by atoms with Gasteiger partial charge in [-0.05, 0) is 55.0 Å². The van der Waals surface area contributed by atoms with Crippen LogP contribution < -0.4 is 10.1 Å². The Morgan fingerprint density at radius 3 is 2.73 bits per heavy atom. The minimum Gasteiger partial charge on any atom is -0.494 e. The van der Waals surface area contributed by atoms with E-state index >= 15 is 0 Å².